The van der Waals surface area contributed by atoms with E-state index in [1.165, 1.54) is 13.8 Å². The first-order chi connectivity index (χ1) is 12.7. The van der Waals surface area contributed by atoms with Gasteiger partial charge in [0.25, 0.3) is 5.91 Å². The highest BCUT2D eigenvalue weighted by molar-refractivity contribution is 5.99. The number of aromatic nitrogens is 1. The maximum Gasteiger partial charge on any atom is 0.343 e. The molecule has 27 heavy (non-hydrogen) atoms. The van der Waals surface area contributed by atoms with Crippen LogP contribution in [0, 0.1) is 18.3 Å². The molecule has 2 rings (SSSR count). The predicted molar refractivity (Wildman–Crippen MR) is 94.2 cm³/mol. The Morgan fingerprint density at radius 3 is 2.41 bits per heavy atom. The van der Waals surface area contributed by atoms with Crippen LogP contribution in [0.5, 0.6) is 0 Å². The van der Waals surface area contributed by atoms with E-state index in [-0.39, 0.29) is 28.8 Å². The third-order valence-corrected chi connectivity index (χ3v) is 3.53. The van der Waals surface area contributed by atoms with Crippen molar-refractivity contribution < 1.29 is 23.5 Å². The number of nitriles is 1. The number of ether oxygens (including phenoxy) is 1. The molecule has 0 aliphatic heterocycles. The number of nitrogens with one attached hydrogen (secondary N) is 2. The zero-order valence-electron chi connectivity index (χ0n) is 15.4. The van der Waals surface area contributed by atoms with Crippen LogP contribution in [0.2, 0.25) is 0 Å². The van der Waals surface area contributed by atoms with Gasteiger partial charge in [0, 0.05) is 18.4 Å². The Labute approximate surface area is 155 Å². The van der Waals surface area contributed by atoms with Gasteiger partial charge in [-0.2, -0.15) is 5.26 Å². The van der Waals surface area contributed by atoms with Gasteiger partial charge in [-0.1, -0.05) is 0 Å². The van der Waals surface area contributed by atoms with E-state index in [4.69, 9.17) is 9.15 Å². The van der Waals surface area contributed by atoms with Crippen LogP contribution in [0.25, 0.3) is 5.88 Å². The molecule has 0 aliphatic rings. The second kappa shape index (κ2) is 8.23. The molecular weight excluding hydrogens is 352 g/mol. The van der Waals surface area contributed by atoms with E-state index in [0.29, 0.717) is 0 Å². The van der Waals surface area contributed by atoms with E-state index >= 15 is 0 Å². The zero-order valence-corrected chi connectivity index (χ0v) is 15.4. The highest BCUT2D eigenvalue weighted by atomic mass is 16.5. The van der Waals surface area contributed by atoms with Gasteiger partial charge in [0.15, 0.2) is 6.10 Å². The average molecular weight is 372 g/mol. The van der Waals surface area contributed by atoms with Crippen molar-refractivity contribution in [2.75, 3.05) is 0 Å². The average Bonchev–Trinajstić information content (AvgIpc) is 3.20. The van der Waals surface area contributed by atoms with E-state index in [2.05, 4.69) is 10.6 Å². The van der Waals surface area contributed by atoms with E-state index in [1.54, 1.807) is 42.9 Å². The van der Waals surface area contributed by atoms with E-state index < -0.39 is 24.0 Å². The van der Waals surface area contributed by atoms with Crippen molar-refractivity contribution in [3.8, 4) is 12.0 Å². The lowest BCUT2D eigenvalue weighted by atomic mass is 10.1. The molecule has 0 saturated carbocycles. The summed E-state index contributed by atoms with van der Waals surface area (Å²) in [5.74, 6) is -1.31. The minimum Gasteiger partial charge on any atom is -0.449 e. The van der Waals surface area contributed by atoms with Gasteiger partial charge in [0.2, 0.25) is 5.88 Å². The van der Waals surface area contributed by atoms with Crippen molar-refractivity contribution >= 4 is 17.9 Å². The number of carbonyl (C=O) groups excluding carboxylic acids is 3. The fraction of sp³-hybridized carbons (Fsp3) is 0.333. The van der Waals surface area contributed by atoms with Crippen molar-refractivity contribution in [3.63, 3.8) is 0 Å². The maximum absolute atomic E-state index is 12.5. The lowest BCUT2D eigenvalue weighted by molar-refractivity contribution is -0.127. The lowest BCUT2D eigenvalue weighted by Gasteiger charge is -2.14. The van der Waals surface area contributed by atoms with Crippen molar-refractivity contribution in [1.82, 2.24) is 15.2 Å². The summed E-state index contributed by atoms with van der Waals surface area (Å²) in [6.45, 7) is 6.32. The minimum absolute atomic E-state index is 0.00106. The second-order valence-corrected chi connectivity index (χ2v) is 6.08. The third kappa shape index (κ3) is 4.55. The van der Waals surface area contributed by atoms with Crippen molar-refractivity contribution in [1.29, 1.82) is 5.26 Å². The highest BCUT2D eigenvalue weighted by Gasteiger charge is 2.28. The largest absolute Gasteiger partial charge is 0.449 e. The lowest BCUT2D eigenvalue weighted by Crippen LogP contribution is -2.46. The van der Waals surface area contributed by atoms with E-state index in [0.717, 1.165) is 0 Å². The minimum atomic E-state index is -1.24. The highest BCUT2D eigenvalue weighted by Crippen LogP contribution is 2.26. The molecule has 0 radical (unpaired) electrons. The number of carbonyl (C=O) groups is 3. The van der Waals surface area contributed by atoms with Crippen LogP contribution >= 0.6 is 0 Å². The predicted octanol–water partition coefficient (Wildman–Crippen LogP) is 2.03. The molecule has 0 spiro atoms. The molecule has 2 heterocycles. The number of imide groups is 1. The number of aryl methyl sites for hydroxylation is 1. The monoisotopic (exact) mass is 372 g/mol. The van der Waals surface area contributed by atoms with Crippen LogP contribution in [-0.4, -0.2) is 34.6 Å². The molecule has 2 N–H and O–H groups in total. The SMILES string of the molecule is Cc1oc(-n2cccc2)c(C#N)c1C(=O)O[C@@H](C)C(=O)NC(=O)NC(C)C. The molecule has 0 fully saturated rings. The van der Waals surface area contributed by atoms with Gasteiger partial charge in [0.1, 0.15) is 23.0 Å². The van der Waals surface area contributed by atoms with Gasteiger partial charge in [0.05, 0.1) is 0 Å². The van der Waals surface area contributed by atoms with Gasteiger partial charge in [-0.05, 0) is 39.8 Å². The maximum atomic E-state index is 12.5. The van der Waals surface area contributed by atoms with Gasteiger partial charge >= 0.3 is 12.0 Å². The van der Waals surface area contributed by atoms with Crippen LogP contribution in [0.4, 0.5) is 4.79 Å². The third-order valence-electron chi connectivity index (χ3n) is 3.53. The smallest absolute Gasteiger partial charge is 0.343 e. The molecule has 2 aromatic rings. The molecule has 0 bridgehead atoms. The van der Waals surface area contributed by atoms with Crippen molar-refractivity contribution in [2.24, 2.45) is 0 Å². The summed E-state index contributed by atoms with van der Waals surface area (Å²) in [4.78, 5) is 36.0. The van der Waals surface area contributed by atoms with Crippen molar-refractivity contribution in [3.05, 3.63) is 41.4 Å². The number of hydrogen-bond donors (Lipinski definition) is 2. The molecule has 1 atom stereocenters. The Morgan fingerprint density at radius 1 is 1.22 bits per heavy atom. The van der Waals surface area contributed by atoms with Crippen LogP contribution in [0.1, 0.15) is 42.5 Å². The molecule has 0 aromatic carbocycles. The number of urea groups is 1. The number of rotatable bonds is 5. The second-order valence-electron chi connectivity index (χ2n) is 6.08. The number of nitrogens with zero attached hydrogens (tertiary/aromatic N) is 2. The Balaban J connectivity index is 2.15. The van der Waals surface area contributed by atoms with Crippen LogP contribution < -0.4 is 10.6 Å². The Bertz CT molecular complexity index is 890. The number of esters is 1. The van der Waals surface area contributed by atoms with Gasteiger partial charge < -0.3 is 14.5 Å². The first-order valence-electron chi connectivity index (χ1n) is 8.23. The topological polar surface area (TPSA) is 126 Å². The Morgan fingerprint density at radius 2 is 1.85 bits per heavy atom. The molecule has 0 aliphatic carbocycles. The summed E-state index contributed by atoms with van der Waals surface area (Å²) >= 11 is 0. The zero-order chi connectivity index (χ0) is 20.1. The quantitative estimate of drug-likeness (QED) is 0.773. The normalized spacial score (nSPS) is 11.6. The Hall–Kier alpha value is -3.54. The summed E-state index contributed by atoms with van der Waals surface area (Å²) in [7, 11) is 0. The standard InChI is InChI=1S/C18H20N4O5/c1-10(2)20-18(25)21-15(23)12(4)27-17(24)14-11(3)26-16(13(14)9-19)22-7-5-6-8-22/h5-8,10,12H,1-4H3,(H2,20,21,23,25)/t12-/m0/s1. The van der Waals surface area contributed by atoms with Crippen LogP contribution in [-0.2, 0) is 9.53 Å². The Kier molecular flexibility index (Phi) is 6.03. The molecule has 2 aromatic heterocycles. The summed E-state index contributed by atoms with van der Waals surface area (Å²) in [5.41, 5.74) is -0.0636. The van der Waals surface area contributed by atoms with Gasteiger partial charge in [-0.25, -0.2) is 9.59 Å². The number of amides is 3. The molecule has 9 nitrogen and oxygen atoms in total. The molecule has 3 amide bonds. The summed E-state index contributed by atoms with van der Waals surface area (Å²) in [6.07, 6.45) is 2.08. The first kappa shape index (κ1) is 19.8. The molecule has 9 heteroatoms. The van der Waals surface area contributed by atoms with E-state index in [9.17, 15) is 19.6 Å². The first-order valence-corrected chi connectivity index (χ1v) is 8.23. The molecule has 0 unspecified atom stereocenters. The molecule has 142 valence electrons. The van der Waals surface area contributed by atoms with Gasteiger partial charge in [-0.15, -0.1) is 0 Å². The van der Waals surface area contributed by atoms with Gasteiger partial charge in [-0.3, -0.25) is 14.7 Å². The molecule has 0 saturated heterocycles. The number of hydrogen-bond acceptors (Lipinski definition) is 6. The van der Waals surface area contributed by atoms with Crippen molar-refractivity contribution in [2.45, 2.75) is 39.8 Å². The summed E-state index contributed by atoms with van der Waals surface area (Å²) in [5, 5.41) is 14.0. The summed E-state index contributed by atoms with van der Waals surface area (Å²) < 4.78 is 12.2. The number of furan rings is 1. The fourth-order valence-electron chi connectivity index (χ4n) is 2.32. The van der Waals surface area contributed by atoms with E-state index in [1.807, 2.05) is 6.07 Å². The fourth-order valence-corrected chi connectivity index (χ4v) is 2.32. The van der Waals surface area contributed by atoms with Crippen LogP contribution in [0.3, 0.4) is 0 Å². The van der Waals surface area contributed by atoms with Crippen LogP contribution in [0.15, 0.2) is 28.9 Å². The summed E-state index contributed by atoms with van der Waals surface area (Å²) in [6, 6.07) is 4.57. The molecular formula is C18H20N4O5.